The van der Waals surface area contributed by atoms with Gasteiger partial charge in [0.25, 0.3) is 0 Å². The SMILES string of the molecule is Cc1nn(-c2ccccc2Cl)c(C)c1CCCO. The van der Waals surface area contributed by atoms with Crippen molar-refractivity contribution in [2.75, 3.05) is 6.61 Å². The number of aliphatic hydroxyl groups is 1. The van der Waals surface area contributed by atoms with Crippen molar-refractivity contribution in [2.45, 2.75) is 26.7 Å². The number of halogens is 1. The molecule has 0 spiro atoms. The van der Waals surface area contributed by atoms with E-state index in [1.807, 2.05) is 42.8 Å². The number of nitrogens with zero attached hydrogens (tertiary/aromatic N) is 2. The van der Waals surface area contributed by atoms with Gasteiger partial charge in [-0.2, -0.15) is 5.10 Å². The minimum Gasteiger partial charge on any atom is -0.396 e. The van der Waals surface area contributed by atoms with Crippen LogP contribution in [0.25, 0.3) is 5.69 Å². The normalized spacial score (nSPS) is 10.9. The molecule has 1 N–H and O–H groups in total. The van der Waals surface area contributed by atoms with Crippen LogP contribution in [0.5, 0.6) is 0 Å². The average molecular weight is 265 g/mol. The molecule has 0 saturated carbocycles. The summed E-state index contributed by atoms with van der Waals surface area (Å²) >= 11 is 6.20. The summed E-state index contributed by atoms with van der Waals surface area (Å²) in [6.07, 6.45) is 1.61. The van der Waals surface area contributed by atoms with Crippen LogP contribution < -0.4 is 0 Å². The summed E-state index contributed by atoms with van der Waals surface area (Å²) < 4.78 is 1.88. The van der Waals surface area contributed by atoms with E-state index in [-0.39, 0.29) is 6.61 Å². The Balaban J connectivity index is 2.44. The monoisotopic (exact) mass is 264 g/mol. The zero-order valence-electron chi connectivity index (χ0n) is 10.7. The van der Waals surface area contributed by atoms with Gasteiger partial charge in [0.15, 0.2) is 0 Å². The van der Waals surface area contributed by atoms with E-state index in [2.05, 4.69) is 5.10 Å². The molecule has 0 unspecified atom stereocenters. The highest BCUT2D eigenvalue weighted by atomic mass is 35.5. The molecule has 0 aliphatic heterocycles. The second-order valence-corrected chi connectivity index (χ2v) is 4.75. The largest absolute Gasteiger partial charge is 0.396 e. The molecule has 1 aromatic carbocycles. The fraction of sp³-hybridized carbons (Fsp3) is 0.357. The third-order valence-electron chi connectivity index (χ3n) is 3.11. The fourth-order valence-electron chi connectivity index (χ4n) is 2.15. The fourth-order valence-corrected chi connectivity index (χ4v) is 2.37. The Morgan fingerprint density at radius 3 is 2.67 bits per heavy atom. The number of rotatable bonds is 4. The van der Waals surface area contributed by atoms with Gasteiger partial charge in [-0.15, -0.1) is 0 Å². The van der Waals surface area contributed by atoms with Gasteiger partial charge in [-0.05, 0) is 44.4 Å². The highest BCUT2D eigenvalue weighted by Crippen LogP contribution is 2.24. The van der Waals surface area contributed by atoms with Gasteiger partial charge in [0.05, 0.1) is 16.4 Å². The predicted octanol–water partition coefficient (Wildman–Crippen LogP) is 3.07. The van der Waals surface area contributed by atoms with E-state index in [0.29, 0.717) is 5.02 Å². The summed E-state index contributed by atoms with van der Waals surface area (Å²) in [7, 11) is 0. The molecule has 1 heterocycles. The molecule has 0 atom stereocenters. The summed E-state index contributed by atoms with van der Waals surface area (Å²) in [6, 6.07) is 7.67. The van der Waals surface area contributed by atoms with Crippen molar-refractivity contribution < 1.29 is 5.11 Å². The van der Waals surface area contributed by atoms with E-state index in [1.165, 1.54) is 5.56 Å². The molecule has 0 aliphatic rings. The van der Waals surface area contributed by atoms with Crippen LogP contribution in [0.3, 0.4) is 0 Å². The second-order valence-electron chi connectivity index (χ2n) is 4.34. The quantitative estimate of drug-likeness (QED) is 0.922. The maximum Gasteiger partial charge on any atom is 0.0835 e. The Bertz CT molecular complexity index is 549. The molecular formula is C14H17ClN2O. The number of aromatic nitrogens is 2. The van der Waals surface area contributed by atoms with Crippen LogP contribution in [0.2, 0.25) is 5.02 Å². The van der Waals surface area contributed by atoms with Gasteiger partial charge < -0.3 is 5.11 Å². The summed E-state index contributed by atoms with van der Waals surface area (Å²) in [5, 5.41) is 14.2. The summed E-state index contributed by atoms with van der Waals surface area (Å²) in [5.74, 6) is 0. The molecule has 0 saturated heterocycles. The molecule has 3 nitrogen and oxygen atoms in total. The number of benzene rings is 1. The van der Waals surface area contributed by atoms with Crippen LogP contribution in [0.1, 0.15) is 23.4 Å². The van der Waals surface area contributed by atoms with Crippen LogP contribution >= 0.6 is 11.6 Å². The van der Waals surface area contributed by atoms with Crippen molar-refractivity contribution in [1.29, 1.82) is 0 Å². The smallest absolute Gasteiger partial charge is 0.0835 e. The van der Waals surface area contributed by atoms with Gasteiger partial charge in [0.1, 0.15) is 0 Å². The van der Waals surface area contributed by atoms with E-state index < -0.39 is 0 Å². The molecule has 4 heteroatoms. The Morgan fingerprint density at radius 1 is 1.28 bits per heavy atom. The van der Waals surface area contributed by atoms with Crippen molar-refractivity contribution in [3.05, 3.63) is 46.2 Å². The summed E-state index contributed by atoms with van der Waals surface area (Å²) in [5.41, 5.74) is 4.19. The molecule has 2 rings (SSSR count). The lowest BCUT2D eigenvalue weighted by atomic mass is 10.1. The number of aliphatic hydroxyl groups excluding tert-OH is 1. The van der Waals surface area contributed by atoms with Gasteiger partial charge in [-0.1, -0.05) is 23.7 Å². The second kappa shape index (κ2) is 5.55. The molecule has 96 valence electrons. The van der Waals surface area contributed by atoms with Crippen molar-refractivity contribution in [1.82, 2.24) is 9.78 Å². The van der Waals surface area contributed by atoms with Gasteiger partial charge in [-0.25, -0.2) is 4.68 Å². The van der Waals surface area contributed by atoms with E-state index in [9.17, 15) is 0 Å². The summed E-state index contributed by atoms with van der Waals surface area (Å²) in [6.45, 7) is 4.24. The highest BCUT2D eigenvalue weighted by molar-refractivity contribution is 6.32. The van der Waals surface area contributed by atoms with E-state index in [1.54, 1.807) is 0 Å². The van der Waals surface area contributed by atoms with Gasteiger partial charge in [0.2, 0.25) is 0 Å². The predicted molar refractivity (Wildman–Crippen MR) is 73.5 cm³/mol. The summed E-state index contributed by atoms with van der Waals surface area (Å²) in [4.78, 5) is 0. The average Bonchev–Trinajstić information content (AvgIpc) is 2.63. The van der Waals surface area contributed by atoms with Crippen molar-refractivity contribution in [2.24, 2.45) is 0 Å². The maximum absolute atomic E-state index is 8.93. The molecular weight excluding hydrogens is 248 g/mol. The van der Waals surface area contributed by atoms with E-state index in [0.717, 1.165) is 29.9 Å². The van der Waals surface area contributed by atoms with Gasteiger partial charge >= 0.3 is 0 Å². The third-order valence-corrected chi connectivity index (χ3v) is 3.43. The Labute approximate surface area is 112 Å². The van der Waals surface area contributed by atoms with E-state index in [4.69, 9.17) is 16.7 Å². The van der Waals surface area contributed by atoms with Crippen molar-refractivity contribution in [3.8, 4) is 5.69 Å². The lowest BCUT2D eigenvalue weighted by Gasteiger charge is -2.07. The minimum absolute atomic E-state index is 0.205. The molecule has 0 radical (unpaired) electrons. The topological polar surface area (TPSA) is 38.0 Å². The molecule has 0 bridgehead atoms. The zero-order chi connectivity index (χ0) is 13.1. The third kappa shape index (κ3) is 2.42. The molecule has 0 amide bonds. The molecule has 2 aromatic rings. The standard InChI is InChI=1S/C14H17ClN2O/c1-10-12(6-5-9-18)11(2)17(16-10)14-8-4-3-7-13(14)15/h3-4,7-8,18H,5-6,9H2,1-2H3. The molecule has 0 aliphatic carbocycles. The first kappa shape index (κ1) is 13.1. The first-order chi connectivity index (χ1) is 8.65. The Hall–Kier alpha value is -1.32. The first-order valence-electron chi connectivity index (χ1n) is 6.06. The van der Waals surface area contributed by atoms with Crippen LogP contribution in [0, 0.1) is 13.8 Å². The van der Waals surface area contributed by atoms with Gasteiger partial charge in [0, 0.05) is 12.3 Å². The van der Waals surface area contributed by atoms with Crippen LogP contribution in [0.15, 0.2) is 24.3 Å². The van der Waals surface area contributed by atoms with Crippen molar-refractivity contribution >= 4 is 11.6 Å². The van der Waals surface area contributed by atoms with Crippen molar-refractivity contribution in [3.63, 3.8) is 0 Å². The lowest BCUT2D eigenvalue weighted by molar-refractivity contribution is 0.288. The number of aryl methyl sites for hydroxylation is 1. The van der Waals surface area contributed by atoms with Crippen LogP contribution in [0.4, 0.5) is 0 Å². The Morgan fingerprint density at radius 2 is 2.00 bits per heavy atom. The van der Waals surface area contributed by atoms with E-state index >= 15 is 0 Å². The molecule has 0 fully saturated rings. The van der Waals surface area contributed by atoms with Crippen LogP contribution in [-0.2, 0) is 6.42 Å². The molecule has 1 aromatic heterocycles. The van der Waals surface area contributed by atoms with Gasteiger partial charge in [-0.3, -0.25) is 0 Å². The van der Waals surface area contributed by atoms with Crippen LogP contribution in [-0.4, -0.2) is 21.5 Å². The lowest BCUT2D eigenvalue weighted by Crippen LogP contribution is -2.00. The number of para-hydroxylation sites is 1. The Kier molecular flexibility index (Phi) is 4.04. The minimum atomic E-state index is 0.205. The maximum atomic E-state index is 8.93. The highest BCUT2D eigenvalue weighted by Gasteiger charge is 2.13. The first-order valence-corrected chi connectivity index (χ1v) is 6.43. The number of hydrogen-bond acceptors (Lipinski definition) is 2. The zero-order valence-corrected chi connectivity index (χ0v) is 11.4. The number of hydrogen-bond donors (Lipinski definition) is 1. The molecule has 18 heavy (non-hydrogen) atoms.